The summed E-state index contributed by atoms with van der Waals surface area (Å²) in [7, 11) is 0. The summed E-state index contributed by atoms with van der Waals surface area (Å²) in [5.74, 6) is -0.939. The number of ether oxygens (including phenoxy) is 1. The van der Waals surface area contributed by atoms with Crippen molar-refractivity contribution in [2.75, 3.05) is 11.9 Å². The van der Waals surface area contributed by atoms with Crippen molar-refractivity contribution in [3.63, 3.8) is 0 Å². The fraction of sp³-hybridized carbons (Fsp3) is 0.150. The first kappa shape index (κ1) is 19.1. The highest BCUT2D eigenvalue weighted by molar-refractivity contribution is 7.14. The van der Waals surface area contributed by atoms with E-state index in [0.29, 0.717) is 15.7 Å². The van der Waals surface area contributed by atoms with Crippen molar-refractivity contribution in [2.45, 2.75) is 13.8 Å². The summed E-state index contributed by atoms with van der Waals surface area (Å²) in [5, 5.41) is 5.87. The number of Topliss-reactive ketones (excluding diaryl/α,β-unsaturated/α-hetero) is 1. The van der Waals surface area contributed by atoms with Gasteiger partial charge in [-0.3, -0.25) is 4.79 Å². The summed E-state index contributed by atoms with van der Waals surface area (Å²) in [4.78, 5) is 28.4. The molecule has 0 spiro atoms. The number of hydrogen-bond acceptors (Lipinski definition) is 6. The number of carbonyl (C=O) groups excluding carboxylic acids is 2. The minimum Gasteiger partial charge on any atom is -0.453 e. The topological polar surface area (TPSA) is 68.3 Å². The van der Waals surface area contributed by atoms with Crippen molar-refractivity contribution in [3.05, 3.63) is 75.3 Å². The summed E-state index contributed by atoms with van der Waals surface area (Å²) in [6.45, 7) is 3.72. The Hall–Kier alpha value is -2.70. The Morgan fingerprint density at radius 1 is 1.11 bits per heavy atom. The first-order valence-corrected chi connectivity index (χ1v) is 9.44. The van der Waals surface area contributed by atoms with E-state index in [2.05, 4.69) is 10.3 Å². The molecule has 27 heavy (non-hydrogen) atoms. The smallest absolute Gasteiger partial charge is 0.358 e. The largest absolute Gasteiger partial charge is 0.453 e. The minimum absolute atomic E-state index is 0.162. The van der Waals surface area contributed by atoms with Crippen LogP contribution in [0.5, 0.6) is 0 Å². The number of benzene rings is 2. The van der Waals surface area contributed by atoms with Crippen molar-refractivity contribution in [1.82, 2.24) is 4.98 Å². The minimum atomic E-state index is -0.637. The fourth-order valence-electron chi connectivity index (χ4n) is 2.29. The summed E-state index contributed by atoms with van der Waals surface area (Å²) < 4.78 is 5.07. The van der Waals surface area contributed by atoms with E-state index < -0.39 is 5.97 Å². The van der Waals surface area contributed by atoms with Gasteiger partial charge in [0.15, 0.2) is 23.2 Å². The third-order valence-electron chi connectivity index (χ3n) is 3.97. The highest BCUT2D eigenvalue weighted by Gasteiger charge is 2.15. The number of aryl methyl sites for hydroxylation is 2. The van der Waals surface area contributed by atoms with Crippen LogP contribution in [0, 0.1) is 13.8 Å². The number of anilines is 2. The molecule has 5 nitrogen and oxygen atoms in total. The van der Waals surface area contributed by atoms with Crippen LogP contribution in [0.1, 0.15) is 32.0 Å². The van der Waals surface area contributed by atoms with Crippen LogP contribution in [-0.4, -0.2) is 23.3 Å². The van der Waals surface area contributed by atoms with Crippen LogP contribution < -0.4 is 5.32 Å². The number of nitrogens with zero attached hydrogens (tertiary/aromatic N) is 1. The number of hydrogen-bond donors (Lipinski definition) is 1. The number of esters is 1. The van der Waals surface area contributed by atoms with Crippen molar-refractivity contribution in [2.24, 2.45) is 0 Å². The van der Waals surface area contributed by atoms with E-state index in [1.807, 2.05) is 32.0 Å². The van der Waals surface area contributed by atoms with Gasteiger partial charge in [0.25, 0.3) is 0 Å². The van der Waals surface area contributed by atoms with E-state index in [-0.39, 0.29) is 18.1 Å². The average molecular weight is 401 g/mol. The van der Waals surface area contributed by atoms with Crippen LogP contribution in [0.4, 0.5) is 10.8 Å². The lowest BCUT2D eigenvalue weighted by atomic mass is 10.1. The quantitative estimate of drug-likeness (QED) is 0.455. The van der Waals surface area contributed by atoms with Gasteiger partial charge < -0.3 is 10.1 Å². The SMILES string of the molecule is Cc1ccc(Nc2nc(C(=O)OCC(=O)c3ccc(Cl)cc3)cs2)cc1C. The van der Waals surface area contributed by atoms with Crippen LogP contribution in [0.2, 0.25) is 5.02 Å². The summed E-state index contributed by atoms with van der Waals surface area (Å²) in [5.41, 5.74) is 3.86. The number of aromatic nitrogens is 1. The zero-order valence-electron chi connectivity index (χ0n) is 14.8. The number of ketones is 1. The van der Waals surface area contributed by atoms with E-state index in [1.165, 1.54) is 16.9 Å². The third-order valence-corrected chi connectivity index (χ3v) is 4.98. The van der Waals surface area contributed by atoms with E-state index in [0.717, 1.165) is 11.3 Å². The molecule has 1 heterocycles. The maximum absolute atomic E-state index is 12.1. The first-order chi connectivity index (χ1) is 12.9. The van der Waals surface area contributed by atoms with Crippen molar-refractivity contribution in [1.29, 1.82) is 0 Å². The highest BCUT2D eigenvalue weighted by atomic mass is 35.5. The van der Waals surface area contributed by atoms with Crippen LogP contribution in [0.25, 0.3) is 0 Å². The van der Waals surface area contributed by atoms with Gasteiger partial charge in [0.2, 0.25) is 0 Å². The van der Waals surface area contributed by atoms with Crippen LogP contribution in [0.3, 0.4) is 0 Å². The molecule has 1 N–H and O–H groups in total. The average Bonchev–Trinajstić information content (AvgIpc) is 3.11. The predicted molar refractivity (Wildman–Crippen MR) is 107 cm³/mol. The molecule has 0 saturated carbocycles. The molecule has 0 aliphatic carbocycles. The van der Waals surface area contributed by atoms with Crippen LogP contribution in [-0.2, 0) is 4.74 Å². The van der Waals surface area contributed by atoms with Gasteiger partial charge in [0.05, 0.1) is 0 Å². The zero-order chi connectivity index (χ0) is 19.4. The molecule has 0 unspecified atom stereocenters. The summed E-state index contributed by atoms with van der Waals surface area (Å²) in [6.07, 6.45) is 0. The number of carbonyl (C=O) groups is 2. The van der Waals surface area contributed by atoms with Gasteiger partial charge in [-0.05, 0) is 61.4 Å². The molecule has 7 heteroatoms. The molecule has 2 aromatic carbocycles. The summed E-state index contributed by atoms with van der Waals surface area (Å²) in [6, 6.07) is 12.4. The Bertz CT molecular complexity index is 983. The molecule has 1 aromatic heterocycles. The van der Waals surface area contributed by atoms with E-state index in [9.17, 15) is 9.59 Å². The maximum Gasteiger partial charge on any atom is 0.358 e. The third kappa shape index (κ3) is 4.93. The van der Waals surface area contributed by atoms with Gasteiger partial charge in [0.1, 0.15) is 0 Å². The lowest BCUT2D eigenvalue weighted by Gasteiger charge is -2.05. The molecule has 0 fully saturated rings. The molecule has 138 valence electrons. The summed E-state index contributed by atoms with van der Waals surface area (Å²) >= 11 is 7.08. The molecule has 0 saturated heterocycles. The van der Waals surface area contributed by atoms with E-state index in [1.54, 1.807) is 29.6 Å². The lowest BCUT2D eigenvalue weighted by molar-refractivity contribution is 0.0470. The van der Waals surface area contributed by atoms with Gasteiger partial charge in [-0.15, -0.1) is 11.3 Å². The van der Waals surface area contributed by atoms with Gasteiger partial charge in [-0.1, -0.05) is 17.7 Å². The fourth-order valence-corrected chi connectivity index (χ4v) is 3.12. The van der Waals surface area contributed by atoms with Crippen LogP contribution >= 0.6 is 22.9 Å². The van der Waals surface area contributed by atoms with Gasteiger partial charge in [-0.2, -0.15) is 0 Å². The van der Waals surface area contributed by atoms with Gasteiger partial charge in [0, 0.05) is 21.7 Å². The highest BCUT2D eigenvalue weighted by Crippen LogP contribution is 2.23. The number of halogens is 1. The normalized spacial score (nSPS) is 10.5. The second kappa shape index (κ2) is 8.33. The Morgan fingerprint density at radius 2 is 1.85 bits per heavy atom. The lowest BCUT2D eigenvalue weighted by Crippen LogP contribution is -2.14. The molecule has 3 rings (SSSR count). The van der Waals surface area contributed by atoms with E-state index in [4.69, 9.17) is 16.3 Å². The zero-order valence-corrected chi connectivity index (χ0v) is 16.4. The number of rotatable bonds is 6. The molecular formula is C20H17ClN2O3S. The molecule has 0 atom stereocenters. The number of nitrogens with one attached hydrogen (secondary N) is 1. The second-order valence-corrected chi connectivity index (χ2v) is 7.26. The maximum atomic E-state index is 12.1. The molecule has 0 amide bonds. The molecular weight excluding hydrogens is 384 g/mol. The Labute approximate surface area is 166 Å². The molecule has 3 aromatic rings. The molecule has 0 aliphatic heterocycles. The second-order valence-electron chi connectivity index (χ2n) is 5.97. The molecule has 0 bridgehead atoms. The number of thiazole rings is 1. The molecule has 0 radical (unpaired) electrons. The standard InChI is InChI=1S/C20H17ClN2O3S/c1-12-3-8-16(9-13(12)2)22-20-23-17(11-27-20)19(25)26-10-18(24)14-4-6-15(21)7-5-14/h3-9,11H,10H2,1-2H3,(H,22,23). The van der Waals surface area contributed by atoms with E-state index >= 15 is 0 Å². The molecule has 0 aliphatic rings. The Balaban J connectivity index is 1.58. The van der Waals surface area contributed by atoms with Crippen molar-refractivity contribution >= 4 is 45.5 Å². The monoisotopic (exact) mass is 400 g/mol. The Kier molecular flexibility index (Phi) is 5.88. The van der Waals surface area contributed by atoms with Crippen LogP contribution in [0.15, 0.2) is 47.8 Å². The van der Waals surface area contributed by atoms with Gasteiger partial charge >= 0.3 is 5.97 Å². The Morgan fingerprint density at radius 3 is 2.56 bits per heavy atom. The van der Waals surface area contributed by atoms with Crippen molar-refractivity contribution < 1.29 is 14.3 Å². The predicted octanol–water partition coefficient (Wildman–Crippen LogP) is 5.20. The van der Waals surface area contributed by atoms with Gasteiger partial charge in [-0.25, -0.2) is 9.78 Å². The first-order valence-electron chi connectivity index (χ1n) is 8.18. The van der Waals surface area contributed by atoms with Crippen molar-refractivity contribution in [3.8, 4) is 0 Å².